The third-order valence-electron chi connectivity index (χ3n) is 1.46. The van der Waals surface area contributed by atoms with Gasteiger partial charge in [0.25, 0.3) is 0 Å². The number of aldehydes is 1. The summed E-state index contributed by atoms with van der Waals surface area (Å²) < 4.78 is 0. The molecule has 0 aliphatic heterocycles. The fourth-order valence-corrected chi connectivity index (χ4v) is 0.875. The molecule has 3 nitrogen and oxygen atoms in total. The first kappa shape index (κ1) is 8.59. The molecule has 0 saturated heterocycles. The van der Waals surface area contributed by atoms with Crippen LogP contribution < -0.4 is 0 Å². The lowest BCUT2D eigenvalue weighted by molar-refractivity contribution is -0.107. The fourth-order valence-electron chi connectivity index (χ4n) is 0.875. The van der Waals surface area contributed by atoms with E-state index < -0.39 is 0 Å². The second-order valence-corrected chi connectivity index (χ2v) is 2.44. The Bertz CT molecular complexity index is 307. The molecule has 0 N–H and O–H groups in total. The Balaban J connectivity index is 2.95. The zero-order chi connectivity index (χ0) is 8.97. The van der Waals surface area contributed by atoms with Crippen molar-refractivity contribution >= 4 is 12.1 Å². The molecule has 0 amide bonds. The number of aromatic nitrogens is 1. The Hall–Kier alpha value is -1.51. The van der Waals surface area contributed by atoms with Gasteiger partial charge >= 0.3 is 0 Å². The zero-order valence-electron chi connectivity index (χ0n) is 6.78. The van der Waals surface area contributed by atoms with Crippen molar-refractivity contribution in [3.63, 3.8) is 0 Å². The average molecular weight is 163 g/mol. The number of hydrogen-bond acceptors (Lipinski definition) is 3. The van der Waals surface area contributed by atoms with Gasteiger partial charge in [0.05, 0.1) is 0 Å². The molecular formula is C9H9NO2. The Morgan fingerprint density at radius 2 is 2.33 bits per heavy atom. The van der Waals surface area contributed by atoms with E-state index in [-0.39, 0.29) is 12.2 Å². The van der Waals surface area contributed by atoms with Crippen LogP contribution >= 0.6 is 0 Å². The first-order valence-electron chi connectivity index (χ1n) is 3.64. The van der Waals surface area contributed by atoms with E-state index in [9.17, 15) is 9.59 Å². The molecule has 1 aromatic heterocycles. The van der Waals surface area contributed by atoms with E-state index >= 15 is 0 Å². The average Bonchev–Trinajstić information content (AvgIpc) is 2.05. The molecule has 0 aliphatic carbocycles. The number of nitrogens with zero attached hydrogens (tertiary/aromatic N) is 1. The highest BCUT2D eigenvalue weighted by Gasteiger charge is 2.00. The van der Waals surface area contributed by atoms with Gasteiger partial charge in [-0.15, -0.1) is 0 Å². The van der Waals surface area contributed by atoms with E-state index in [1.807, 2.05) is 0 Å². The molecular weight excluding hydrogens is 154 g/mol. The lowest BCUT2D eigenvalue weighted by Gasteiger charge is -1.96. The van der Waals surface area contributed by atoms with E-state index in [0.717, 1.165) is 6.29 Å². The van der Waals surface area contributed by atoms with Crippen molar-refractivity contribution in [2.75, 3.05) is 0 Å². The number of carbonyl (C=O) groups is 2. The van der Waals surface area contributed by atoms with Gasteiger partial charge in [0.15, 0.2) is 5.78 Å². The lowest BCUT2D eigenvalue weighted by Crippen LogP contribution is -2.00. The number of Topliss-reactive ketones (excluding diaryl/α,β-unsaturated/α-hetero) is 1. The predicted octanol–water partition coefficient (Wildman–Crippen LogP) is 1.03. The number of pyridine rings is 1. The molecule has 0 atom stereocenters. The maximum absolute atomic E-state index is 10.9. The van der Waals surface area contributed by atoms with Crippen molar-refractivity contribution in [1.29, 1.82) is 0 Å². The SMILES string of the molecule is CC(=O)c1cccc(CC=O)n1. The van der Waals surface area contributed by atoms with Gasteiger partial charge in [-0.25, -0.2) is 4.98 Å². The molecule has 1 heterocycles. The van der Waals surface area contributed by atoms with Crippen molar-refractivity contribution in [1.82, 2.24) is 4.98 Å². The quantitative estimate of drug-likeness (QED) is 0.493. The first-order chi connectivity index (χ1) is 5.74. The summed E-state index contributed by atoms with van der Waals surface area (Å²) in [6.07, 6.45) is 1.04. The van der Waals surface area contributed by atoms with Gasteiger partial charge in [-0.3, -0.25) is 4.79 Å². The molecule has 1 aromatic rings. The van der Waals surface area contributed by atoms with Gasteiger partial charge in [-0.1, -0.05) is 6.07 Å². The summed E-state index contributed by atoms with van der Waals surface area (Å²) in [5.41, 5.74) is 1.05. The highest BCUT2D eigenvalue weighted by atomic mass is 16.1. The minimum Gasteiger partial charge on any atom is -0.303 e. The third-order valence-corrected chi connectivity index (χ3v) is 1.46. The van der Waals surface area contributed by atoms with E-state index in [1.165, 1.54) is 6.92 Å². The van der Waals surface area contributed by atoms with Crippen molar-refractivity contribution < 1.29 is 9.59 Å². The van der Waals surface area contributed by atoms with Crippen molar-refractivity contribution in [2.24, 2.45) is 0 Å². The highest BCUT2D eigenvalue weighted by Crippen LogP contribution is 1.99. The zero-order valence-corrected chi connectivity index (χ0v) is 6.78. The van der Waals surface area contributed by atoms with E-state index in [4.69, 9.17) is 0 Å². The summed E-state index contributed by atoms with van der Waals surface area (Å²) in [4.78, 5) is 25.0. The first-order valence-corrected chi connectivity index (χ1v) is 3.64. The molecule has 0 radical (unpaired) electrons. The Morgan fingerprint density at radius 1 is 1.58 bits per heavy atom. The van der Waals surface area contributed by atoms with Gasteiger partial charge < -0.3 is 4.79 Å². The van der Waals surface area contributed by atoms with Gasteiger partial charge in [-0.2, -0.15) is 0 Å². The number of rotatable bonds is 3. The molecule has 0 bridgehead atoms. The smallest absolute Gasteiger partial charge is 0.178 e. The van der Waals surface area contributed by atoms with Crippen molar-refractivity contribution in [3.8, 4) is 0 Å². The molecule has 0 fully saturated rings. The molecule has 3 heteroatoms. The maximum Gasteiger partial charge on any atom is 0.178 e. The maximum atomic E-state index is 10.9. The van der Waals surface area contributed by atoms with Crippen LogP contribution in [0.15, 0.2) is 18.2 Å². The number of carbonyl (C=O) groups excluding carboxylic acids is 2. The van der Waals surface area contributed by atoms with Crippen LogP contribution in [0.2, 0.25) is 0 Å². The predicted molar refractivity (Wildman–Crippen MR) is 44.0 cm³/mol. The molecule has 0 aromatic carbocycles. The van der Waals surface area contributed by atoms with Crippen molar-refractivity contribution in [2.45, 2.75) is 13.3 Å². The van der Waals surface area contributed by atoms with Crippen LogP contribution in [0, 0.1) is 0 Å². The lowest BCUT2D eigenvalue weighted by atomic mass is 10.2. The fraction of sp³-hybridized carbons (Fsp3) is 0.222. The number of hydrogen-bond donors (Lipinski definition) is 0. The van der Waals surface area contributed by atoms with Gasteiger partial charge in [-0.05, 0) is 12.1 Å². The molecule has 0 saturated carbocycles. The summed E-state index contributed by atoms with van der Waals surface area (Å²) in [6.45, 7) is 1.45. The van der Waals surface area contributed by atoms with Crippen LogP contribution in [0.4, 0.5) is 0 Å². The summed E-state index contributed by atoms with van der Waals surface area (Å²) >= 11 is 0. The van der Waals surface area contributed by atoms with Crippen LogP contribution in [0.25, 0.3) is 0 Å². The van der Waals surface area contributed by atoms with Crippen molar-refractivity contribution in [3.05, 3.63) is 29.6 Å². The standard InChI is InChI=1S/C9H9NO2/c1-7(12)9-4-2-3-8(10-9)5-6-11/h2-4,6H,5H2,1H3. The third kappa shape index (κ3) is 1.99. The summed E-state index contributed by atoms with van der Waals surface area (Å²) in [5, 5.41) is 0. The van der Waals surface area contributed by atoms with Crippen LogP contribution in [0.3, 0.4) is 0 Å². The van der Waals surface area contributed by atoms with Gasteiger partial charge in [0.2, 0.25) is 0 Å². The van der Waals surface area contributed by atoms with Crippen LogP contribution in [0.5, 0.6) is 0 Å². The number of ketones is 1. The summed E-state index contributed by atoms with van der Waals surface area (Å²) in [6, 6.07) is 5.08. The normalized spacial score (nSPS) is 9.42. The van der Waals surface area contributed by atoms with Crippen LogP contribution in [-0.2, 0) is 11.2 Å². The van der Waals surface area contributed by atoms with E-state index in [1.54, 1.807) is 18.2 Å². The second kappa shape index (κ2) is 3.76. The largest absolute Gasteiger partial charge is 0.303 e. The molecule has 62 valence electrons. The molecule has 0 unspecified atom stereocenters. The van der Waals surface area contributed by atoms with E-state index in [2.05, 4.69) is 4.98 Å². The van der Waals surface area contributed by atoms with E-state index in [0.29, 0.717) is 11.4 Å². The summed E-state index contributed by atoms with van der Waals surface area (Å²) in [5.74, 6) is -0.0808. The van der Waals surface area contributed by atoms with Crippen LogP contribution in [-0.4, -0.2) is 17.1 Å². The summed E-state index contributed by atoms with van der Waals surface area (Å²) in [7, 11) is 0. The minimum absolute atomic E-state index is 0.0808. The monoisotopic (exact) mass is 163 g/mol. The Labute approximate surface area is 70.4 Å². The second-order valence-electron chi connectivity index (χ2n) is 2.44. The Kier molecular flexibility index (Phi) is 2.69. The Morgan fingerprint density at radius 3 is 2.92 bits per heavy atom. The molecule has 0 spiro atoms. The van der Waals surface area contributed by atoms with Gasteiger partial charge in [0.1, 0.15) is 12.0 Å². The molecule has 1 rings (SSSR count). The topological polar surface area (TPSA) is 47.0 Å². The molecule has 0 aliphatic rings. The van der Waals surface area contributed by atoms with Gasteiger partial charge in [0, 0.05) is 19.0 Å². The van der Waals surface area contributed by atoms with Crippen LogP contribution in [0.1, 0.15) is 23.1 Å². The minimum atomic E-state index is -0.0808. The highest BCUT2D eigenvalue weighted by molar-refractivity contribution is 5.92. The molecule has 12 heavy (non-hydrogen) atoms.